The van der Waals surface area contributed by atoms with E-state index in [0.29, 0.717) is 24.7 Å². The van der Waals surface area contributed by atoms with Crippen molar-refractivity contribution in [3.05, 3.63) is 41.5 Å². The van der Waals surface area contributed by atoms with E-state index in [1.54, 1.807) is 0 Å². The van der Waals surface area contributed by atoms with Crippen LogP contribution >= 0.6 is 0 Å². The first-order chi connectivity index (χ1) is 16.5. The Bertz CT molecular complexity index is 1030. The summed E-state index contributed by atoms with van der Waals surface area (Å²) in [6.07, 6.45) is 4.45. The van der Waals surface area contributed by atoms with Crippen molar-refractivity contribution in [1.29, 1.82) is 0 Å². The quantitative estimate of drug-likeness (QED) is 0.627. The largest absolute Gasteiger partial charge is 0.493 e. The van der Waals surface area contributed by atoms with Gasteiger partial charge < -0.3 is 19.7 Å². The molecule has 0 saturated carbocycles. The Hall–Kier alpha value is -2.80. The van der Waals surface area contributed by atoms with Crippen LogP contribution in [0.25, 0.3) is 0 Å². The van der Waals surface area contributed by atoms with Gasteiger partial charge in [-0.15, -0.1) is 0 Å². The van der Waals surface area contributed by atoms with Crippen molar-refractivity contribution in [2.45, 2.75) is 46.0 Å². The Balaban J connectivity index is 1.05. The molecule has 1 aromatic carbocycles. The third-order valence-electron chi connectivity index (χ3n) is 7.05. The summed E-state index contributed by atoms with van der Waals surface area (Å²) in [5, 5.41) is 2.83. The van der Waals surface area contributed by atoms with Gasteiger partial charge in [0.25, 0.3) is 0 Å². The van der Waals surface area contributed by atoms with Crippen molar-refractivity contribution in [3.63, 3.8) is 0 Å². The number of pyridine rings is 1. The molecule has 0 aliphatic carbocycles. The van der Waals surface area contributed by atoms with E-state index < -0.39 is 0 Å². The minimum absolute atomic E-state index is 0.0292. The number of fused-ring (bicyclic) bond motifs is 2. The lowest BCUT2D eigenvalue weighted by molar-refractivity contribution is -0.116. The molecule has 3 aliphatic rings. The fraction of sp³-hybridized carbons (Fsp3) is 0.556. The number of piperazine rings is 1. The molecule has 0 bridgehead atoms. The number of hydrogen-bond acceptors (Lipinski definition) is 6. The molecule has 5 rings (SSSR count). The summed E-state index contributed by atoms with van der Waals surface area (Å²) in [5.41, 5.74) is 4.00. The molecule has 3 aliphatic heterocycles. The lowest BCUT2D eigenvalue weighted by Crippen LogP contribution is -2.47. The molecule has 1 aromatic heterocycles. The number of hydrogen-bond donors (Lipinski definition) is 1. The van der Waals surface area contributed by atoms with Crippen LogP contribution < -0.4 is 19.7 Å². The Labute approximate surface area is 202 Å². The Morgan fingerprint density at radius 2 is 1.94 bits per heavy atom. The van der Waals surface area contributed by atoms with Gasteiger partial charge in [-0.1, -0.05) is 19.9 Å². The van der Waals surface area contributed by atoms with Gasteiger partial charge in [0, 0.05) is 55.3 Å². The number of nitrogens with zero attached hydrogens (tertiary/aromatic N) is 3. The fourth-order valence-electron chi connectivity index (χ4n) is 5.10. The first-order valence-corrected chi connectivity index (χ1v) is 12.6. The minimum Gasteiger partial charge on any atom is -0.493 e. The first kappa shape index (κ1) is 23.0. The van der Waals surface area contributed by atoms with Crippen LogP contribution in [0.5, 0.6) is 11.6 Å². The van der Waals surface area contributed by atoms with E-state index in [1.807, 2.05) is 12.1 Å². The van der Waals surface area contributed by atoms with Crippen LogP contribution in [0.3, 0.4) is 0 Å². The van der Waals surface area contributed by atoms with Crippen molar-refractivity contribution < 1.29 is 14.3 Å². The number of carbonyl (C=O) groups is 1. The number of carbonyl (C=O) groups excluding carboxylic acids is 1. The molecule has 1 amide bonds. The van der Waals surface area contributed by atoms with Crippen molar-refractivity contribution in [2.24, 2.45) is 5.41 Å². The lowest BCUT2D eigenvalue weighted by Gasteiger charge is -2.39. The summed E-state index contributed by atoms with van der Waals surface area (Å²) in [6.45, 7) is 11.4. The van der Waals surface area contributed by atoms with Gasteiger partial charge in [-0.25, -0.2) is 0 Å². The van der Waals surface area contributed by atoms with Crippen molar-refractivity contribution in [3.8, 4) is 11.6 Å². The van der Waals surface area contributed by atoms with Crippen LogP contribution in [-0.2, 0) is 17.6 Å². The summed E-state index contributed by atoms with van der Waals surface area (Å²) in [6, 6.07) is 10.4. The molecule has 0 radical (unpaired) electrons. The molecule has 1 saturated heterocycles. The number of unbranched alkanes of at least 4 members (excludes halogenated alkanes) is 1. The van der Waals surface area contributed by atoms with Gasteiger partial charge in [-0.2, -0.15) is 4.98 Å². The highest BCUT2D eigenvalue weighted by Crippen LogP contribution is 2.39. The molecule has 0 unspecified atom stereocenters. The zero-order valence-electron chi connectivity index (χ0n) is 20.4. The van der Waals surface area contributed by atoms with Crippen LogP contribution in [0.1, 0.15) is 44.2 Å². The zero-order valence-corrected chi connectivity index (χ0v) is 20.4. The van der Waals surface area contributed by atoms with Crippen LogP contribution in [0.15, 0.2) is 30.3 Å². The molecule has 7 nitrogen and oxygen atoms in total. The Morgan fingerprint density at radius 1 is 1.09 bits per heavy atom. The van der Waals surface area contributed by atoms with Crippen LogP contribution in [-0.4, -0.2) is 61.7 Å². The van der Waals surface area contributed by atoms with E-state index in [1.165, 1.54) is 11.3 Å². The average molecular weight is 465 g/mol. The highest BCUT2D eigenvalue weighted by atomic mass is 16.5. The van der Waals surface area contributed by atoms with Crippen LogP contribution in [0.2, 0.25) is 0 Å². The number of aryl methyl sites for hydroxylation is 1. The van der Waals surface area contributed by atoms with Crippen molar-refractivity contribution in [2.75, 3.05) is 56.2 Å². The standard InChI is InChI=1S/C27H36N4O3/c1-27(2)18-21-22(6-5-7-23(21)34-19-27)31-15-13-30(14-16-31)12-3-4-17-33-25-11-9-20-8-10-24(32)28-26(20)29-25/h5-7,9,11H,3-4,8,10,12-19H2,1-2H3,(H,28,29,32). The second kappa shape index (κ2) is 9.82. The fourth-order valence-corrected chi connectivity index (χ4v) is 5.10. The molecule has 4 heterocycles. The number of aromatic nitrogens is 1. The summed E-state index contributed by atoms with van der Waals surface area (Å²) in [4.78, 5) is 21.1. The number of anilines is 2. The maximum Gasteiger partial charge on any atom is 0.225 e. The lowest BCUT2D eigenvalue weighted by atomic mass is 9.83. The molecule has 7 heteroatoms. The predicted molar refractivity (Wildman–Crippen MR) is 134 cm³/mol. The number of amides is 1. The summed E-state index contributed by atoms with van der Waals surface area (Å²) >= 11 is 0. The first-order valence-electron chi connectivity index (χ1n) is 12.6. The SMILES string of the molecule is CC1(C)COc2cccc(N3CCN(CCCCOc4ccc5c(n4)NC(=O)CC5)CC3)c2C1. The van der Waals surface area contributed by atoms with Gasteiger partial charge in [0.05, 0.1) is 13.2 Å². The van der Waals surface area contributed by atoms with E-state index in [9.17, 15) is 4.79 Å². The van der Waals surface area contributed by atoms with Gasteiger partial charge in [-0.05, 0) is 56.0 Å². The third-order valence-corrected chi connectivity index (χ3v) is 7.05. The Kier molecular flexibility index (Phi) is 6.63. The molecule has 34 heavy (non-hydrogen) atoms. The number of rotatable bonds is 7. The summed E-state index contributed by atoms with van der Waals surface area (Å²) in [5.74, 6) is 2.34. The molecule has 182 valence electrons. The Morgan fingerprint density at radius 3 is 2.79 bits per heavy atom. The predicted octanol–water partition coefficient (Wildman–Crippen LogP) is 3.91. The number of ether oxygens (including phenoxy) is 2. The van der Waals surface area contributed by atoms with E-state index in [-0.39, 0.29) is 11.3 Å². The van der Waals surface area contributed by atoms with E-state index in [2.05, 4.69) is 52.1 Å². The molecule has 2 aromatic rings. The molecular formula is C27H36N4O3. The maximum atomic E-state index is 11.6. The summed E-state index contributed by atoms with van der Waals surface area (Å²) in [7, 11) is 0. The number of nitrogens with one attached hydrogen (secondary N) is 1. The normalized spacial score (nSPS) is 19.6. The van der Waals surface area contributed by atoms with Gasteiger partial charge in [0.2, 0.25) is 11.8 Å². The third kappa shape index (κ3) is 5.30. The molecular weight excluding hydrogens is 428 g/mol. The average Bonchev–Trinajstić information content (AvgIpc) is 2.83. The van der Waals surface area contributed by atoms with E-state index >= 15 is 0 Å². The van der Waals surface area contributed by atoms with Gasteiger partial charge in [0.1, 0.15) is 11.6 Å². The second-order valence-electron chi connectivity index (χ2n) is 10.5. The smallest absolute Gasteiger partial charge is 0.225 e. The van der Waals surface area contributed by atoms with Crippen LogP contribution in [0, 0.1) is 5.41 Å². The number of benzene rings is 1. The molecule has 1 fully saturated rings. The second-order valence-corrected chi connectivity index (χ2v) is 10.5. The monoisotopic (exact) mass is 464 g/mol. The van der Waals surface area contributed by atoms with Gasteiger partial charge >= 0.3 is 0 Å². The highest BCUT2D eigenvalue weighted by molar-refractivity contribution is 5.92. The van der Waals surface area contributed by atoms with Gasteiger partial charge in [-0.3, -0.25) is 9.69 Å². The van der Waals surface area contributed by atoms with Crippen molar-refractivity contribution in [1.82, 2.24) is 9.88 Å². The molecule has 0 spiro atoms. The maximum absolute atomic E-state index is 11.6. The summed E-state index contributed by atoms with van der Waals surface area (Å²) < 4.78 is 11.9. The van der Waals surface area contributed by atoms with E-state index in [4.69, 9.17) is 9.47 Å². The zero-order chi connectivity index (χ0) is 23.5. The molecule has 0 atom stereocenters. The van der Waals surface area contributed by atoms with Crippen LogP contribution in [0.4, 0.5) is 11.5 Å². The van der Waals surface area contributed by atoms with E-state index in [0.717, 1.165) is 76.3 Å². The topological polar surface area (TPSA) is 66.9 Å². The van der Waals surface area contributed by atoms with Crippen molar-refractivity contribution >= 4 is 17.4 Å². The minimum atomic E-state index is 0.0292. The molecule has 1 N–H and O–H groups in total. The van der Waals surface area contributed by atoms with Gasteiger partial charge in [0.15, 0.2) is 0 Å². The highest BCUT2D eigenvalue weighted by Gasteiger charge is 2.30.